The maximum Gasteiger partial charge on any atom is 0.202 e. The van der Waals surface area contributed by atoms with Gasteiger partial charge in [0, 0.05) is 10.5 Å². The van der Waals surface area contributed by atoms with E-state index in [2.05, 4.69) is 48.6 Å². The average molecular weight is 335 g/mol. The van der Waals surface area contributed by atoms with Crippen molar-refractivity contribution in [3.05, 3.63) is 92.1 Å². The van der Waals surface area contributed by atoms with Crippen LogP contribution in [0.3, 0.4) is 0 Å². The standard InChI is InChI=1S/C19H13NOS2/c21-20-19(23)17(22)11-15-14-9-5-4-8-13(14)10-16(15)18(19)12-6-2-1-3-7-12/h1-11,22-23H. The van der Waals surface area contributed by atoms with Crippen molar-refractivity contribution < 1.29 is 0 Å². The second kappa shape index (κ2) is 5.25. The van der Waals surface area contributed by atoms with Crippen LogP contribution in [0, 0.1) is 4.91 Å². The third-order valence-electron chi connectivity index (χ3n) is 4.29. The lowest BCUT2D eigenvalue weighted by Gasteiger charge is -2.30. The van der Waals surface area contributed by atoms with Crippen LogP contribution >= 0.6 is 25.3 Å². The third kappa shape index (κ3) is 2.06. The first kappa shape index (κ1) is 14.5. The van der Waals surface area contributed by atoms with E-state index in [0.29, 0.717) is 4.91 Å². The van der Waals surface area contributed by atoms with Gasteiger partial charge in [0.2, 0.25) is 4.87 Å². The lowest BCUT2D eigenvalue weighted by atomic mass is 9.85. The second-order valence-corrected chi connectivity index (χ2v) is 6.72. The van der Waals surface area contributed by atoms with Crippen molar-refractivity contribution in [3.63, 3.8) is 0 Å². The Bertz CT molecular complexity index is 1010. The van der Waals surface area contributed by atoms with Gasteiger partial charge in [0.15, 0.2) is 0 Å². The molecular formula is C19H13NOS2. The molecule has 4 rings (SSSR count). The van der Waals surface area contributed by atoms with Gasteiger partial charge in [-0.1, -0.05) is 54.6 Å². The van der Waals surface area contributed by atoms with Crippen LogP contribution in [0.25, 0.3) is 17.2 Å². The number of nitrogens with zero attached hydrogens (tertiary/aromatic N) is 1. The Labute approximate surface area is 144 Å². The molecule has 0 aromatic heterocycles. The Hall–Kier alpha value is -2.04. The van der Waals surface area contributed by atoms with Gasteiger partial charge in [0.1, 0.15) is 0 Å². The van der Waals surface area contributed by atoms with Gasteiger partial charge in [-0.2, -0.15) is 0 Å². The first-order valence-electron chi connectivity index (χ1n) is 7.25. The van der Waals surface area contributed by atoms with E-state index in [0.717, 1.165) is 32.7 Å². The summed E-state index contributed by atoms with van der Waals surface area (Å²) < 4.78 is 0. The quantitative estimate of drug-likeness (QED) is 0.640. The van der Waals surface area contributed by atoms with Gasteiger partial charge >= 0.3 is 0 Å². The molecular weight excluding hydrogens is 322 g/mol. The largest absolute Gasteiger partial charge is 0.202 e. The maximum absolute atomic E-state index is 11.7. The van der Waals surface area contributed by atoms with Gasteiger partial charge < -0.3 is 0 Å². The molecule has 23 heavy (non-hydrogen) atoms. The highest BCUT2D eigenvalue weighted by molar-refractivity contribution is 7.88. The Balaban J connectivity index is 2.15. The molecule has 0 bridgehead atoms. The number of thiol groups is 2. The SMILES string of the molecule is O=NC1(S)C(S)=CC2=c3ccccc3=CC2=C1c1ccccc1. The van der Waals surface area contributed by atoms with E-state index in [-0.39, 0.29) is 0 Å². The molecule has 0 saturated carbocycles. The summed E-state index contributed by atoms with van der Waals surface area (Å²) in [5.74, 6) is 0. The van der Waals surface area contributed by atoms with Gasteiger partial charge in [0.05, 0.1) is 0 Å². The van der Waals surface area contributed by atoms with Crippen LogP contribution in [0.15, 0.2) is 76.3 Å². The van der Waals surface area contributed by atoms with Gasteiger partial charge in [-0.15, -0.1) is 30.2 Å². The van der Waals surface area contributed by atoms with Gasteiger partial charge in [-0.3, -0.25) is 0 Å². The summed E-state index contributed by atoms with van der Waals surface area (Å²) in [4.78, 5) is 10.9. The zero-order valence-electron chi connectivity index (χ0n) is 12.1. The number of fused-ring (bicyclic) bond motifs is 2. The van der Waals surface area contributed by atoms with Crippen LogP contribution in [0.4, 0.5) is 0 Å². The highest BCUT2D eigenvalue weighted by Crippen LogP contribution is 2.49. The molecule has 0 spiro atoms. The van der Waals surface area contributed by atoms with E-state index in [1.54, 1.807) is 0 Å². The molecule has 4 heteroatoms. The van der Waals surface area contributed by atoms with E-state index in [4.69, 9.17) is 0 Å². The number of benzene rings is 2. The number of rotatable bonds is 2. The summed E-state index contributed by atoms with van der Waals surface area (Å²) in [5, 5.41) is 5.59. The molecule has 0 aliphatic heterocycles. The molecule has 2 aliphatic carbocycles. The fourth-order valence-corrected chi connectivity index (χ4v) is 3.81. The van der Waals surface area contributed by atoms with Crippen molar-refractivity contribution in [3.8, 4) is 0 Å². The number of hydrogen-bond acceptors (Lipinski definition) is 4. The van der Waals surface area contributed by atoms with E-state index in [1.165, 1.54) is 0 Å². The van der Waals surface area contributed by atoms with Crippen LogP contribution < -0.4 is 10.4 Å². The summed E-state index contributed by atoms with van der Waals surface area (Å²) in [6, 6.07) is 17.9. The molecule has 0 radical (unpaired) electrons. The Morgan fingerprint density at radius 2 is 1.57 bits per heavy atom. The van der Waals surface area contributed by atoms with Crippen LogP contribution in [0.1, 0.15) is 5.56 Å². The lowest BCUT2D eigenvalue weighted by molar-refractivity contribution is 0.943. The molecule has 1 unspecified atom stereocenters. The van der Waals surface area contributed by atoms with Crippen LogP contribution in [-0.4, -0.2) is 4.87 Å². The predicted octanol–water partition coefficient (Wildman–Crippen LogP) is 3.31. The Morgan fingerprint density at radius 3 is 2.30 bits per heavy atom. The van der Waals surface area contributed by atoms with Crippen molar-refractivity contribution in [1.29, 1.82) is 0 Å². The van der Waals surface area contributed by atoms with E-state index >= 15 is 0 Å². The summed E-state index contributed by atoms with van der Waals surface area (Å²) in [6.45, 7) is 0. The van der Waals surface area contributed by atoms with Crippen molar-refractivity contribution in [2.45, 2.75) is 4.87 Å². The smallest absolute Gasteiger partial charge is 0.149 e. The molecule has 0 fully saturated rings. The summed E-state index contributed by atoms with van der Waals surface area (Å²) >= 11 is 9.12. The monoisotopic (exact) mass is 335 g/mol. The normalized spacial score (nSPS) is 22.2. The number of allylic oxidation sites excluding steroid dienone is 2. The fraction of sp³-hybridized carbons (Fsp3) is 0.0526. The highest BCUT2D eigenvalue weighted by atomic mass is 32.1. The first-order valence-corrected chi connectivity index (χ1v) is 8.14. The Morgan fingerprint density at radius 1 is 0.870 bits per heavy atom. The fourth-order valence-electron chi connectivity index (χ4n) is 3.22. The molecule has 2 aromatic rings. The summed E-state index contributed by atoms with van der Waals surface area (Å²) in [6.07, 6.45) is 4.00. The average Bonchev–Trinajstić information content (AvgIpc) is 2.94. The molecule has 0 amide bonds. The minimum absolute atomic E-state index is 0.540. The van der Waals surface area contributed by atoms with Crippen LogP contribution in [-0.2, 0) is 0 Å². The summed E-state index contributed by atoms with van der Waals surface area (Å²) in [7, 11) is 0. The molecule has 1 atom stereocenters. The lowest BCUT2D eigenvalue weighted by Crippen LogP contribution is -2.26. The zero-order valence-corrected chi connectivity index (χ0v) is 13.9. The molecule has 0 saturated heterocycles. The van der Waals surface area contributed by atoms with Crippen molar-refractivity contribution >= 4 is 42.5 Å². The third-order valence-corrected chi connectivity index (χ3v) is 5.47. The van der Waals surface area contributed by atoms with E-state index in [1.807, 2.05) is 48.5 Å². The number of hydrogen-bond donors (Lipinski definition) is 2. The molecule has 2 aliphatic rings. The van der Waals surface area contributed by atoms with Crippen molar-refractivity contribution in [2.75, 3.05) is 0 Å². The van der Waals surface area contributed by atoms with Crippen molar-refractivity contribution in [1.82, 2.24) is 0 Å². The molecule has 2 aromatic carbocycles. The maximum atomic E-state index is 11.7. The van der Waals surface area contributed by atoms with Crippen molar-refractivity contribution in [2.24, 2.45) is 5.18 Å². The zero-order chi connectivity index (χ0) is 16.0. The summed E-state index contributed by atoms with van der Waals surface area (Å²) in [5.41, 5.74) is 3.77. The minimum atomic E-state index is -1.28. The van der Waals surface area contributed by atoms with Crippen LogP contribution in [0.5, 0.6) is 0 Å². The minimum Gasteiger partial charge on any atom is -0.149 e. The van der Waals surface area contributed by atoms with Gasteiger partial charge in [-0.05, 0) is 44.5 Å². The van der Waals surface area contributed by atoms with Gasteiger partial charge in [0.25, 0.3) is 0 Å². The topological polar surface area (TPSA) is 29.4 Å². The number of nitroso groups, excluding NO2 is 1. The molecule has 2 nitrogen and oxygen atoms in total. The first-order chi connectivity index (χ1) is 11.1. The van der Waals surface area contributed by atoms with Crippen LogP contribution in [0.2, 0.25) is 0 Å². The predicted molar refractivity (Wildman–Crippen MR) is 102 cm³/mol. The van der Waals surface area contributed by atoms with E-state index < -0.39 is 4.87 Å². The van der Waals surface area contributed by atoms with Gasteiger partial charge in [-0.25, -0.2) is 0 Å². The highest BCUT2D eigenvalue weighted by Gasteiger charge is 2.41. The Kier molecular flexibility index (Phi) is 3.32. The van der Waals surface area contributed by atoms with E-state index in [9.17, 15) is 4.91 Å². The molecule has 112 valence electrons. The molecule has 0 N–H and O–H groups in total. The second-order valence-electron chi connectivity index (χ2n) is 5.59. The molecule has 0 heterocycles.